The molecule has 0 unspecified atom stereocenters. The zero-order chi connectivity index (χ0) is 21.0. The van der Waals surface area contributed by atoms with Crippen molar-refractivity contribution in [2.75, 3.05) is 19.7 Å². The van der Waals surface area contributed by atoms with Gasteiger partial charge in [-0.15, -0.1) is 24.8 Å². The van der Waals surface area contributed by atoms with E-state index in [1.807, 2.05) is 12.1 Å². The van der Waals surface area contributed by atoms with Crippen LogP contribution in [0.2, 0.25) is 0 Å². The number of hydrogen-bond donors (Lipinski definition) is 5. The molecule has 2 aromatic carbocycles. The third kappa shape index (κ3) is 7.05. The fourth-order valence-electron chi connectivity index (χ4n) is 3.52. The maximum absolute atomic E-state index is 12.7. The number of aliphatic hydroxyl groups is 3. The first-order valence-corrected chi connectivity index (χ1v) is 9.51. The third-order valence-electron chi connectivity index (χ3n) is 5.28. The summed E-state index contributed by atoms with van der Waals surface area (Å²) in [6, 6.07) is 11.8. The third-order valence-corrected chi connectivity index (χ3v) is 5.28. The summed E-state index contributed by atoms with van der Waals surface area (Å²) in [5.41, 5.74) is 1.63. The van der Waals surface area contributed by atoms with Crippen LogP contribution in [0.15, 0.2) is 48.5 Å². The first-order valence-electron chi connectivity index (χ1n) is 9.51. The molecule has 1 heterocycles. The van der Waals surface area contributed by atoms with E-state index >= 15 is 0 Å². The normalized spacial score (nSPS) is 21.8. The average molecular weight is 483 g/mol. The van der Waals surface area contributed by atoms with E-state index in [9.17, 15) is 28.5 Å². The fourth-order valence-corrected chi connectivity index (χ4v) is 3.52. The van der Waals surface area contributed by atoms with E-state index in [0.29, 0.717) is 25.1 Å². The Labute approximate surface area is 191 Å². The average Bonchev–Trinajstić information content (AvgIpc) is 3.03. The van der Waals surface area contributed by atoms with Crippen LogP contribution in [0.5, 0.6) is 0 Å². The molecule has 0 radical (unpaired) electrons. The number of halogens is 5. The van der Waals surface area contributed by atoms with Gasteiger partial charge in [-0.1, -0.05) is 36.4 Å². The summed E-state index contributed by atoms with van der Waals surface area (Å²) in [7, 11) is 0. The quantitative estimate of drug-likeness (QED) is 0.419. The molecule has 5 nitrogen and oxygen atoms in total. The SMILES string of the molecule is Cl.Cl.OC[C@H](NCC[C@H]1NC[C@H](O)[C@@H]1O)c1ccc(-c2ccc(C(F)(F)F)cc2)cc1. The lowest BCUT2D eigenvalue weighted by Crippen LogP contribution is -2.37. The number of benzene rings is 2. The molecule has 2 aromatic rings. The van der Waals surface area contributed by atoms with E-state index in [2.05, 4.69) is 10.6 Å². The molecule has 1 aliphatic rings. The van der Waals surface area contributed by atoms with Gasteiger partial charge in [0.2, 0.25) is 0 Å². The Bertz CT molecular complexity index is 792. The highest BCUT2D eigenvalue weighted by atomic mass is 35.5. The lowest BCUT2D eigenvalue weighted by Gasteiger charge is -2.20. The van der Waals surface area contributed by atoms with Crippen molar-refractivity contribution in [1.82, 2.24) is 10.6 Å². The minimum Gasteiger partial charge on any atom is -0.394 e. The number of alkyl halides is 3. The Kier molecular flexibility index (Phi) is 10.7. The van der Waals surface area contributed by atoms with E-state index in [-0.39, 0.29) is 43.5 Å². The topological polar surface area (TPSA) is 84.8 Å². The number of rotatable bonds is 7. The zero-order valence-electron chi connectivity index (χ0n) is 16.5. The van der Waals surface area contributed by atoms with Crippen LogP contribution >= 0.6 is 24.8 Å². The van der Waals surface area contributed by atoms with Gasteiger partial charge in [-0.05, 0) is 41.8 Å². The summed E-state index contributed by atoms with van der Waals surface area (Å²) >= 11 is 0. The largest absolute Gasteiger partial charge is 0.416 e. The van der Waals surface area contributed by atoms with Gasteiger partial charge < -0.3 is 26.0 Å². The van der Waals surface area contributed by atoms with Crippen molar-refractivity contribution in [2.24, 2.45) is 0 Å². The first-order chi connectivity index (χ1) is 13.8. The highest BCUT2D eigenvalue weighted by molar-refractivity contribution is 5.85. The van der Waals surface area contributed by atoms with Gasteiger partial charge in [-0.25, -0.2) is 0 Å². The van der Waals surface area contributed by atoms with Crippen molar-refractivity contribution < 1.29 is 28.5 Å². The predicted molar refractivity (Wildman–Crippen MR) is 118 cm³/mol. The summed E-state index contributed by atoms with van der Waals surface area (Å²) in [5, 5.41) is 35.4. The van der Waals surface area contributed by atoms with Gasteiger partial charge >= 0.3 is 6.18 Å². The first kappa shape index (κ1) is 27.6. The Morgan fingerprint density at radius 1 is 0.968 bits per heavy atom. The lowest BCUT2D eigenvalue weighted by atomic mass is 9.99. The van der Waals surface area contributed by atoms with Crippen LogP contribution in [-0.4, -0.2) is 53.3 Å². The number of hydrogen-bond acceptors (Lipinski definition) is 5. The number of aliphatic hydroxyl groups excluding tert-OH is 3. The molecule has 1 aliphatic heterocycles. The van der Waals surface area contributed by atoms with E-state index < -0.39 is 23.9 Å². The predicted octanol–water partition coefficient (Wildman–Crippen LogP) is 2.92. The molecule has 1 saturated heterocycles. The minimum atomic E-state index is -4.36. The monoisotopic (exact) mass is 482 g/mol. The maximum Gasteiger partial charge on any atom is 0.416 e. The number of nitrogens with one attached hydrogen (secondary N) is 2. The molecule has 4 atom stereocenters. The zero-order valence-corrected chi connectivity index (χ0v) is 18.2. The fraction of sp³-hybridized carbons (Fsp3) is 0.429. The van der Waals surface area contributed by atoms with Gasteiger partial charge in [0.05, 0.1) is 30.4 Å². The van der Waals surface area contributed by atoms with E-state index in [1.54, 1.807) is 12.1 Å². The smallest absolute Gasteiger partial charge is 0.394 e. The molecule has 5 N–H and O–H groups in total. The molecule has 0 spiro atoms. The van der Waals surface area contributed by atoms with Crippen molar-refractivity contribution >= 4 is 24.8 Å². The molecular weight excluding hydrogens is 456 g/mol. The maximum atomic E-state index is 12.7. The van der Waals surface area contributed by atoms with Crippen LogP contribution in [0, 0.1) is 0 Å². The van der Waals surface area contributed by atoms with E-state index in [0.717, 1.165) is 23.3 Å². The van der Waals surface area contributed by atoms with Crippen molar-refractivity contribution in [3.8, 4) is 11.1 Å². The second kappa shape index (κ2) is 12.0. The molecule has 0 aromatic heterocycles. The number of β-amino-alcohol motifs (C(OH)–C–C–N with tert-alkyl or cyclic N) is 1. The van der Waals surface area contributed by atoms with Crippen LogP contribution in [0.25, 0.3) is 11.1 Å². The van der Waals surface area contributed by atoms with Crippen LogP contribution in [0.1, 0.15) is 23.6 Å². The van der Waals surface area contributed by atoms with E-state index in [1.165, 1.54) is 12.1 Å². The molecule has 0 amide bonds. The second-order valence-corrected chi connectivity index (χ2v) is 7.25. The van der Waals surface area contributed by atoms with Crippen molar-refractivity contribution in [3.05, 3.63) is 59.7 Å². The minimum absolute atomic E-state index is 0. The van der Waals surface area contributed by atoms with E-state index in [4.69, 9.17) is 0 Å². The molecular formula is C21H27Cl2F3N2O3. The molecule has 31 heavy (non-hydrogen) atoms. The molecule has 1 fully saturated rings. The second-order valence-electron chi connectivity index (χ2n) is 7.25. The van der Waals surface area contributed by atoms with Gasteiger partial charge in [-0.3, -0.25) is 0 Å². The summed E-state index contributed by atoms with van der Waals surface area (Å²) in [5.74, 6) is 0. The Morgan fingerprint density at radius 3 is 1.97 bits per heavy atom. The Hall–Kier alpha value is -1.39. The van der Waals surface area contributed by atoms with Crippen LogP contribution in [0.4, 0.5) is 13.2 Å². The standard InChI is InChI=1S/C21H25F3N2O3.2ClH/c22-21(23,24)16-7-5-14(6-8-16)13-1-3-15(4-2-13)18(12-27)25-10-9-17-20(29)19(28)11-26-17;;/h1-8,17-20,25-29H,9-12H2;2*1H/t17-,18+,19+,20-;;/m1../s1. The summed E-state index contributed by atoms with van der Waals surface area (Å²) in [4.78, 5) is 0. The van der Waals surface area contributed by atoms with Gasteiger partial charge in [0.25, 0.3) is 0 Å². The van der Waals surface area contributed by atoms with Crippen LogP contribution in [0.3, 0.4) is 0 Å². The van der Waals surface area contributed by atoms with Crippen LogP contribution in [-0.2, 0) is 6.18 Å². The molecule has 174 valence electrons. The summed E-state index contributed by atoms with van der Waals surface area (Å²) in [6.45, 7) is 0.775. The molecule has 10 heteroatoms. The highest BCUT2D eigenvalue weighted by Crippen LogP contribution is 2.31. The molecule has 0 bridgehead atoms. The Balaban J connectivity index is 0.00000240. The van der Waals surface area contributed by atoms with Gasteiger partial charge in [-0.2, -0.15) is 13.2 Å². The van der Waals surface area contributed by atoms with Crippen LogP contribution < -0.4 is 10.6 Å². The van der Waals surface area contributed by atoms with Crippen molar-refractivity contribution in [1.29, 1.82) is 0 Å². The molecule has 0 saturated carbocycles. The van der Waals surface area contributed by atoms with Gasteiger partial charge in [0.1, 0.15) is 0 Å². The molecule has 0 aliphatic carbocycles. The van der Waals surface area contributed by atoms with Crippen molar-refractivity contribution in [3.63, 3.8) is 0 Å². The highest BCUT2D eigenvalue weighted by Gasteiger charge is 2.32. The Morgan fingerprint density at radius 2 is 1.52 bits per heavy atom. The van der Waals surface area contributed by atoms with Gasteiger partial charge in [0.15, 0.2) is 0 Å². The molecule has 3 rings (SSSR count). The van der Waals surface area contributed by atoms with Crippen molar-refractivity contribution in [2.45, 2.75) is 36.9 Å². The summed E-state index contributed by atoms with van der Waals surface area (Å²) < 4.78 is 38.0. The summed E-state index contributed by atoms with van der Waals surface area (Å²) in [6.07, 6.45) is -5.32. The van der Waals surface area contributed by atoms with Gasteiger partial charge in [0, 0.05) is 12.6 Å². The lowest BCUT2D eigenvalue weighted by molar-refractivity contribution is -0.137.